The van der Waals surface area contributed by atoms with Gasteiger partial charge in [0.05, 0.1) is 37.4 Å². The summed E-state index contributed by atoms with van der Waals surface area (Å²) in [6.07, 6.45) is -1.95. The van der Waals surface area contributed by atoms with E-state index in [0.29, 0.717) is 23.0 Å². The summed E-state index contributed by atoms with van der Waals surface area (Å²) in [5.74, 6) is 3.98. The number of nitrogens with zero attached hydrogens (tertiary/aromatic N) is 2. The third kappa shape index (κ3) is 12.4. The summed E-state index contributed by atoms with van der Waals surface area (Å²) in [5, 5.41) is 0. The zero-order valence-electron chi connectivity index (χ0n) is 26.9. The van der Waals surface area contributed by atoms with Crippen molar-refractivity contribution in [3.05, 3.63) is 109 Å². The van der Waals surface area contributed by atoms with Crippen LogP contribution >= 0.6 is 12.1 Å². The van der Waals surface area contributed by atoms with Crippen molar-refractivity contribution in [3.8, 4) is 34.5 Å². The van der Waals surface area contributed by atoms with E-state index in [4.69, 9.17) is 28.4 Å². The number of ether oxygens (including phenoxy) is 6. The Morgan fingerprint density at radius 3 is 1.17 bits per heavy atom. The van der Waals surface area contributed by atoms with E-state index in [1.54, 1.807) is 76.2 Å². The Morgan fingerprint density at radius 2 is 0.830 bits per heavy atom. The third-order valence-corrected chi connectivity index (χ3v) is 7.07. The fourth-order valence-electron chi connectivity index (χ4n) is 3.92. The molecule has 11 heteroatoms. The second-order valence-electron chi connectivity index (χ2n) is 10.6. The normalized spacial score (nSPS) is 10.7. The van der Waals surface area contributed by atoms with Gasteiger partial charge in [0.2, 0.25) is 0 Å². The number of carbonyl (C=O) groups is 2. The molecule has 0 atom stereocenters. The average Bonchev–Trinajstić information content (AvgIpc) is 3.05. The highest BCUT2D eigenvalue weighted by molar-refractivity contribution is 7.95. The molecular weight excluding hydrogens is 620 g/mol. The summed E-state index contributed by atoms with van der Waals surface area (Å²) in [6.45, 7) is 7.54. The minimum atomic E-state index is -0.613. The van der Waals surface area contributed by atoms with Gasteiger partial charge in [0.1, 0.15) is 47.7 Å². The SMILES string of the molecule is CC(C)OC(=O)N(CCOc1ccc(Oc2ccccc2)cc1)SN(CCOc1ccc(Oc2ccccc2)cc1)C(=O)OC(C)C. The van der Waals surface area contributed by atoms with E-state index >= 15 is 0 Å². The van der Waals surface area contributed by atoms with Crippen LogP contribution in [0.5, 0.6) is 34.5 Å². The van der Waals surface area contributed by atoms with Crippen molar-refractivity contribution in [1.82, 2.24) is 8.61 Å². The van der Waals surface area contributed by atoms with E-state index < -0.39 is 12.2 Å². The summed E-state index contributed by atoms with van der Waals surface area (Å²) in [5.41, 5.74) is 0. The van der Waals surface area contributed by atoms with Crippen LogP contribution in [0.1, 0.15) is 27.7 Å². The molecule has 47 heavy (non-hydrogen) atoms. The number of benzene rings is 4. The molecular formula is C36H40N2O8S. The Kier molecular flexibility index (Phi) is 13.5. The van der Waals surface area contributed by atoms with Gasteiger partial charge >= 0.3 is 12.2 Å². The fraction of sp³-hybridized carbons (Fsp3) is 0.278. The monoisotopic (exact) mass is 660 g/mol. The Bertz CT molecular complexity index is 1390. The lowest BCUT2D eigenvalue weighted by Crippen LogP contribution is -2.39. The molecule has 0 aromatic heterocycles. The van der Waals surface area contributed by atoms with Crippen molar-refractivity contribution < 1.29 is 38.0 Å². The number of hydrogen-bond donors (Lipinski definition) is 0. The van der Waals surface area contributed by atoms with Gasteiger partial charge in [-0.3, -0.25) is 0 Å². The van der Waals surface area contributed by atoms with E-state index in [-0.39, 0.29) is 38.5 Å². The molecule has 0 saturated heterocycles. The van der Waals surface area contributed by atoms with Crippen molar-refractivity contribution in [2.45, 2.75) is 39.9 Å². The van der Waals surface area contributed by atoms with Gasteiger partial charge in [-0.1, -0.05) is 36.4 Å². The predicted octanol–water partition coefficient (Wildman–Crippen LogP) is 8.99. The average molecular weight is 661 g/mol. The van der Waals surface area contributed by atoms with Crippen LogP contribution in [-0.2, 0) is 9.47 Å². The number of hydrogen-bond acceptors (Lipinski definition) is 9. The van der Waals surface area contributed by atoms with Crippen LogP contribution < -0.4 is 18.9 Å². The Balaban J connectivity index is 1.34. The van der Waals surface area contributed by atoms with Gasteiger partial charge in [-0.25, -0.2) is 18.2 Å². The molecule has 0 aliphatic carbocycles. The first-order valence-corrected chi connectivity index (χ1v) is 16.0. The molecule has 4 aromatic rings. The topological polar surface area (TPSA) is 96.0 Å². The van der Waals surface area contributed by atoms with Crippen molar-refractivity contribution in [3.63, 3.8) is 0 Å². The smallest absolute Gasteiger partial charge is 0.421 e. The van der Waals surface area contributed by atoms with Gasteiger partial charge in [-0.05, 0) is 100 Å². The zero-order valence-corrected chi connectivity index (χ0v) is 27.8. The van der Waals surface area contributed by atoms with Gasteiger partial charge in [0.25, 0.3) is 0 Å². The van der Waals surface area contributed by atoms with E-state index in [1.165, 1.54) is 8.61 Å². The van der Waals surface area contributed by atoms with Crippen LogP contribution in [0.25, 0.3) is 0 Å². The Morgan fingerprint density at radius 1 is 0.511 bits per heavy atom. The number of amides is 2. The van der Waals surface area contributed by atoms with Crippen LogP contribution in [-0.4, -0.2) is 59.3 Å². The summed E-state index contributed by atoms with van der Waals surface area (Å²) in [6, 6.07) is 33.3. The minimum absolute atomic E-state index is 0.119. The van der Waals surface area contributed by atoms with Crippen LogP contribution in [0, 0.1) is 0 Å². The van der Waals surface area contributed by atoms with Crippen LogP contribution in [0.4, 0.5) is 9.59 Å². The fourth-order valence-corrected chi connectivity index (χ4v) is 4.69. The van der Waals surface area contributed by atoms with Crippen LogP contribution in [0.2, 0.25) is 0 Å². The summed E-state index contributed by atoms with van der Waals surface area (Å²) < 4.78 is 37.0. The summed E-state index contributed by atoms with van der Waals surface area (Å²) >= 11 is 0.885. The molecule has 0 spiro atoms. The van der Waals surface area contributed by atoms with E-state index in [9.17, 15) is 9.59 Å². The maximum absolute atomic E-state index is 13.0. The van der Waals surface area contributed by atoms with E-state index in [2.05, 4.69) is 0 Å². The molecule has 0 heterocycles. The van der Waals surface area contributed by atoms with Gasteiger partial charge in [0.15, 0.2) is 0 Å². The molecule has 0 fully saturated rings. The first-order chi connectivity index (χ1) is 22.7. The van der Waals surface area contributed by atoms with Crippen molar-refractivity contribution >= 4 is 24.3 Å². The first kappa shape index (κ1) is 34.8. The number of rotatable bonds is 16. The predicted molar refractivity (Wildman–Crippen MR) is 181 cm³/mol. The first-order valence-electron chi connectivity index (χ1n) is 15.3. The van der Waals surface area contributed by atoms with Gasteiger partial charge < -0.3 is 28.4 Å². The highest BCUT2D eigenvalue weighted by atomic mass is 32.2. The van der Waals surface area contributed by atoms with Gasteiger partial charge in [0, 0.05) is 0 Å². The van der Waals surface area contributed by atoms with Crippen molar-refractivity contribution in [2.75, 3.05) is 26.3 Å². The molecule has 4 aromatic carbocycles. The van der Waals surface area contributed by atoms with Crippen molar-refractivity contribution in [2.24, 2.45) is 0 Å². The van der Waals surface area contributed by atoms with Crippen molar-refractivity contribution in [1.29, 1.82) is 0 Å². The molecule has 0 aliphatic rings. The largest absolute Gasteiger partial charge is 0.492 e. The maximum atomic E-state index is 13.0. The maximum Gasteiger partial charge on any atom is 0.421 e. The molecule has 2 amide bonds. The highest BCUT2D eigenvalue weighted by Gasteiger charge is 2.26. The second kappa shape index (κ2) is 18.2. The third-order valence-electron chi connectivity index (χ3n) is 6.01. The number of carbonyl (C=O) groups excluding carboxylic acids is 2. The van der Waals surface area contributed by atoms with Crippen LogP contribution in [0.15, 0.2) is 109 Å². The minimum Gasteiger partial charge on any atom is -0.492 e. The molecule has 4 rings (SSSR count). The second-order valence-corrected chi connectivity index (χ2v) is 11.7. The molecule has 0 aliphatic heterocycles. The highest BCUT2D eigenvalue weighted by Crippen LogP contribution is 2.26. The van der Waals surface area contributed by atoms with Gasteiger partial charge in [-0.15, -0.1) is 0 Å². The molecule has 248 valence electrons. The quantitative estimate of drug-likeness (QED) is 0.109. The summed E-state index contributed by atoms with van der Waals surface area (Å²) in [7, 11) is 0. The summed E-state index contributed by atoms with van der Waals surface area (Å²) in [4.78, 5) is 26.1. The Hall–Kier alpha value is -5.03. The van der Waals surface area contributed by atoms with Crippen LogP contribution in [0.3, 0.4) is 0 Å². The molecule has 0 bridgehead atoms. The lowest BCUT2D eigenvalue weighted by atomic mass is 10.3. The molecule has 10 nitrogen and oxygen atoms in total. The molecule has 0 N–H and O–H groups in total. The number of para-hydroxylation sites is 2. The lowest BCUT2D eigenvalue weighted by molar-refractivity contribution is 0.0894. The molecule has 0 saturated carbocycles. The van der Waals surface area contributed by atoms with E-state index in [1.807, 2.05) is 60.7 Å². The zero-order chi connectivity index (χ0) is 33.4. The molecule has 0 radical (unpaired) electrons. The standard InChI is InChI=1S/C36H40N2O8S/c1-27(2)43-35(39)37(23-25-41-29-15-19-33(20-16-29)45-31-11-7-5-8-12-31)47-38(36(40)44-28(3)4)24-26-42-30-17-21-34(22-18-30)46-32-13-9-6-10-14-32/h5-22,27-28H,23-26H2,1-4H3. The van der Waals surface area contributed by atoms with Gasteiger partial charge in [-0.2, -0.15) is 0 Å². The van der Waals surface area contributed by atoms with E-state index in [0.717, 1.165) is 23.6 Å². The Labute approximate surface area is 280 Å². The molecule has 0 unspecified atom stereocenters. The lowest BCUT2D eigenvalue weighted by Gasteiger charge is -2.28.